The van der Waals surface area contributed by atoms with Crippen LogP contribution in [0.25, 0.3) is 0 Å². The van der Waals surface area contributed by atoms with Crippen molar-refractivity contribution in [1.82, 2.24) is 5.32 Å². The first-order valence-electron chi connectivity index (χ1n) is 8.34. The second-order valence-electron chi connectivity index (χ2n) is 5.77. The zero-order chi connectivity index (χ0) is 19.1. The van der Waals surface area contributed by atoms with Crippen LogP contribution in [0.15, 0.2) is 83.1 Å². The molecule has 5 nitrogen and oxygen atoms in total. The maximum Gasteiger partial charge on any atom is 0.257 e. The molecule has 0 fully saturated rings. The van der Waals surface area contributed by atoms with Gasteiger partial charge in [0.05, 0.1) is 4.90 Å². The Kier molecular flexibility index (Phi) is 6.26. The lowest BCUT2D eigenvalue weighted by Gasteiger charge is -2.17. The molecule has 1 atom stereocenters. The molecule has 0 bridgehead atoms. The first-order chi connectivity index (χ1) is 13.1. The molecule has 7 heteroatoms. The van der Waals surface area contributed by atoms with Crippen molar-refractivity contribution < 1.29 is 17.9 Å². The van der Waals surface area contributed by atoms with E-state index in [0.29, 0.717) is 10.6 Å². The molecule has 0 saturated carbocycles. The second kappa shape index (κ2) is 8.83. The highest BCUT2D eigenvalue weighted by molar-refractivity contribution is 7.91. The van der Waals surface area contributed by atoms with Crippen LogP contribution in [-0.2, 0) is 14.6 Å². The second-order valence-corrected chi connectivity index (χ2v) is 8.88. The molecule has 27 heavy (non-hydrogen) atoms. The van der Waals surface area contributed by atoms with Crippen LogP contribution < -0.4 is 10.1 Å². The Morgan fingerprint density at radius 3 is 2.26 bits per heavy atom. The van der Waals surface area contributed by atoms with Crippen LogP contribution in [0.5, 0.6) is 5.75 Å². The third kappa shape index (κ3) is 4.96. The van der Waals surface area contributed by atoms with Crippen molar-refractivity contribution in [2.45, 2.75) is 10.1 Å². The summed E-state index contributed by atoms with van der Waals surface area (Å²) in [6.45, 7) is -0.193. The van der Waals surface area contributed by atoms with Gasteiger partial charge in [-0.05, 0) is 35.7 Å². The van der Waals surface area contributed by atoms with Gasteiger partial charge in [-0.3, -0.25) is 4.79 Å². The van der Waals surface area contributed by atoms with Gasteiger partial charge in [0.2, 0.25) is 0 Å². The smallest absolute Gasteiger partial charge is 0.257 e. The number of hydrogen-bond donors (Lipinski definition) is 1. The van der Waals surface area contributed by atoms with Crippen molar-refractivity contribution in [2.75, 3.05) is 13.2 Å². The van der Waals surface area contributed by atoms with Crippen LogP contribution in [0.3, 0.4) is 0 Å². The van der Waals surface area contributed by atoms with Gasteiger partial charge in [0.1, 0.15) is 11.0 Å². The summed E-state index contributed by atoms with van der Waals surface area (Å²) in [5.41, 5.74) is 0. The van der Waals surface area contributed by atoms with Crippen LogP contribution in [0.1, 0.15) is 10.1 Å². The number of nitrogens with one attached hydrogen (secondary N) is 1. The lowest BCUT2D eigenvalue weighted by Crippen LogP contribution is -2.34. The maximum absolute atomic E-state index is 13.0. The highest BCUT2D eigenvalue weighted by Gasteiger charge is 2.30. The van der Waals surface area contributed by atoms with Crippen molar-refractivity contribution in [1.29, 1.82) is 0 Å². The minimum atomic E-state index is -3.63. The molecule has 0 saturated heterocycles. The molecule has 3 rings (SSSR count). The summed E-state index contributed by atoms with van der Waals surface area (Å²) in [6.07, 6.45) is 0. The topological polar surface area (TPSA) is 72.5 Å². The molecule has 0 radical (unpaired) electrons. The van der Waals surface area contributed by atoms with Gasteiger partial charge in [-0.2, -0.15) is 0 Å². The summed E-state index contributed by atoms with van der Waals surface area (Å²) >= 11 is 1.35. The summed E-state index contributed by atoms with van der Waals surface area (Å²) in [6, 6.07) is 20.8. The van der Waals surface area contributed by atoms with E-state index in [1.54, 1.807) is 54.6 Å². The minimum Gasteiger partial charge on any atom is -0.484 e. The summed E-state index contributed by atoms with van der Waals surface area (Å²) in [5.74, 6) is 0.211. The summed E-state index contributed by atoms with van der Waals surface area (Å²) in [7, 11) is -3.63. The Morgan fingerprint density at radius 2 is 1.63 bits per heavy atom. The van der Waals surface area contributed by atoms with E-state index in [-0.39, 0.29) is 24.0 Å². The number of para-hydroxylation sites is 1. The van der Waals surface area contributed by atoms with E-state index in [9.17, 15) is 13.2 Å². The van der Waals surface area contributed by atoms with Gasteiger partial charge >= 0.3 is 0 Å². The third-order valence-electron chi connectivity index (χ3n) is 3.90. The summed E-state index contributed by atoms with van der Waals surface area (Å²) in [4.78, 5) is 13.0. The molecule has 3 aromatic rings. The molecule has 0 aliphatic rings. The molecule has 1 heterocycles. The molecular weight excluding hydrogens is 382 g/mol. The number of hydrogen-bond acceptors (Lipinski definition) is 5. The van der Waals surface area contributed by atoms with Gasteiger partial charge in [-0.25, -0.2) is 8.42 Å². The van der Waals surface area contributed by atoms with Gasteiger partial charge in [0.25, 0.3) is 5.91 Å². The fourth-order valence-electron chi connectivity index (χ4n) is 2.54. The number of amides is 1. The van der Waals surface area contributed by atoms with Crippen LogP contribution in [0.2, 0.25) is 0 Å². The molecule has 2 aromatic carbocycles. The molecular formula is C20H19NO4S2. The highest BCUT2D eigenvalue weighted by Crippen LogP contribution is 2.31. The van der Waals surface area contributed by atoms with E-state index >= 15 is 0 Å². The largest absolute Gasteiger partial charge is 0.484 e. The minimum absolute atomic E-state index is 0.0191. The normalized spacial score (nSPS) is 12.3. The quantitative estimate of drug-likeness (QED) is 0.627. The Hall–Kier alpha value is -2.64. The lowest BCUT2D eigenvalue weighted by atomic mass is 10.3. The number of sulfone groups is 1. The number of benzene rings is 2. The standard InChI is InChI=1S/C20H19NO4S2/c22-20(15-25-16-8-3-1-4-9-16)21-14-19(18-12-7-13-26-18)27(23,24)17-10-5-2-6-11-17/h1-13,19H,14-15H2,(H,21,22). The zero-order valence-corrected chi connectivity index (χ0v) is 16.1. The Balaban J connectivity index is 1.69. The molecule has 1 unspecified atom stereocenters. The van der Waals surface area contributed by atoms with E-state index in [2.05, 4.69) is 5.32 Å². The predicted molar refractivity (Wildman–Crippen MR) is 106 cm³/mol. The first-order valence-corrected chi connectivity index (χ1v) is 10.8. The third-order valence-corrected chi connectivity index (χ3v) is 7.14. The zero-order valence-electron chi connectivity index (χ0n) is 14.4. The average Bonchev–Trinajstić information content (AvgIpc) is 3.22. The lowest BCUT2D eigenvalue weighted by molar-refractivity contribution is -0.123. The van der Waals surface area contributed by atoms with E-state index < -0.39 is 15.1 Å². The monoisotopic (exact) mass is 401 g/mol. The fourth-order valence-corrected chi connectivity index (χ4v) is 5.34. The van der Waals surface area contributed by atoms with Gasteiger partial charge in [-0.1, -0.05) is 42.5 Å². The number of carbonyl (C=O) groups excluding carboxylic acids is 1. The SMILES string of the molecule is O=C(COc1ccccc1)NCC(c1cccs1)S(=O)(=O)c1ccccc1. The number of thiophene rings is 1. The fraction of sp³-hybridized carbons (Fsp3) is 0.150. The maximum atomic E-state index is 13.0. The summed E-state index contributed by atoms with van der Waals surface area (Å²) < 4.78 is 31.5. The molecule has 1 amide bonds. The van der Waals surface area contributed by atoms with Gasteiger partial charge in [-0.15, -0.1) is 11.3 Å². The van der Waals surface area contributed by atoms with Crippen molar-refractivity contribution in [3.63, 3.8) is 0 Å². The Morgan fingerprint density at radius 1 is 0.963 bits per heavy atom. The van der Waals surface area contributed by atoms with E-state index in [0.717, 1.165) is 0 Å². The number of rotatable bonds is 8. The van der Waals surface area contributed by atoms with Crippen molar-refractivity contribution in [3.8, 4) is 5.75 Å². The molecule has 1 N–H and O–H groups in total. The number of ether oxygens (including phenoxy) is 1. The Bertz CT molecular complexity index is 956. The summed E-state index contributed by atoms with van der Waals surface area (Å²) in [5, 5.41) is 3.66. The van der Waals surface area contributed by atoms with Gasteiger partial charge < -0.3 is 10.1 Å². The van der Waals surface area contributed by atoms with Crippen molar-refractivity contribution in [3.05, 3.63) is 83.1 Å². The highest BCUT2D eigenvalue weighted by atomic mass is 32.2. The van der Waals surface area contributed by atoms with Crippen LogP contribution in [-0.4, -0.2) is 27.5 Å². The molecule has 0 spiro atoms. The van der Waals surface area contributed by atoms with Crippen LogP contribution >= 0.6 is 11.3 Å². The predicted octanol–water partition coefficient (Wildman–Crippen LogP) is 3.46. The van der Waals surface area contributed by atoms with Gasteiger partial charge in [0, 0.05) is 11.4 Å². The molecule has 0 aliphatic heterocycles. The van der Waals surface area contributed by atoms with E-state index in [1.807, 2.05) is 23.6 Å². The first kappa shape index (κ1) is 19.1. The van der Waals surface area contributed by atoms with E-state index in [4.69, 9.17) is 4.74 Å². The van der Waals surface area contributed by atoms with Crippen molar-refractivity contribution in [2.24, 2.45) is 0 Å². The average molecular weight is 402 g/mol. The number of carbonyl (C=O) groups is 1. The molecule has 1 aromatic heterocycles. The van der Waals surface area contributed by atoms with Crippen molar-refractivity contribution >= 4 is 27.1 Å². The molecule has 0 aliphatic carbocycles. The van der Waals surface area contributed by atoms with Crippen LogP contribution in [0.4, 0.5) is 0 Å². The molecule has 140 valence electrons. The van der Waals surface area contributed by atoms with E-state index in [1.165, 1.54) is 11.3 Å². The Labute approximate surface area is 162 Å². The van der Waals surface area contributed by atoms with Crippen LogP contribution in [0, 0.1) is 0 Å². The van der Waals surface area contributed by atoms with Gasteiger partial charge in [0.15, 0.2) is 16.4 Å².